The molecular weight excluding hydrogens is 1470 g/mol. The Bertz CT molecular complexity index is 4000. The van der Waals surface area contributed by atoms with Crippen molar-refractivity contribution in [2.45, 2.75) is 59.7 Å². The smallest absolute Gasteiger partial charge is 0.335 e. The van der Waals surface area contributed by atoms with E-state index >= 15 is 0 Å². The molecule has 2 amide bonds. The number of nitro benzene ring substituents is 4. The number of carbonyl (C=O) groups excluding carboxylic acids is 2. The first-order valence-corrected chi connectivity index (χ1v) is 32.0. The fourth-order valence-corrected chi connectivity index (χ4v) is 9.00. The molecule has 0 radical (unpaired) electrons. The van der Waals surface area contributed by atoms with E-state index in [1.165, 1.54) is 60.2 Å². The van der Waals surface area contributed by atoms with Crippen LogP contribution in [0.25, 0.3) is 33.4 Å². The number of nitrogen functional groups attached to an aromatic ring is 1. The van der Waals surface area contributed by atoms with Crippen LogP contribution in [0.3, 0.4) is 0 Å². The lowest BCUT2D eigenvalue weighted by atomic mass is 10.0. The predicted molar refractivity (Wildman–Crippen MR) is 390 cm³/mol. The van der Waals surface area contributed by atoms with Gasteiger partial charge in [-0.3, -0.25) is 50.0 Å². The summed E-state index contributed by atoms with van der Waals surface area (Å²) in [5.74, 6) is -4.03. The van der Waals surface area contributed by atoms with E-state index in [-0.39, 0.29) is 74.9 Å². The topological polar surface area (TPSA) is 470 Å². The number of aromatic carboxylic acids is 3. The Morgan fingerprint density at radius 2 is 0.814 bits per heavy atom. The van der Waals surface area contributed by atoms with Crippen molar-refractivity contribution in [1.82, 2.24) is 10.6 Å². The lowest BCUT2D eigenvalue weighted by Gasteiger charge is -2.14. The number of methoxy groups -OCH3 is 3. The van der Waals surface area contributed by atoms with Crippen LogP contribution in [-0.4, -0.2) is 136 Å². The van der Waals surface area contributed by atoms with Crippen LogP contribution in [0.15, 0.2) is 170 Å². The summed E-state index contributed by atoms with van der Waals surface area (Å²) in [6.07, 6.45) is 1.61. The second-order valence-corrected chi connectivity index (χ2v) is 23.4. The molecule has 0 heterocycles. The number of non-ortho nitro benzene ring substituents is 4. The molecule has 102 heavy (non-hydrogen) atoms. The van der Waals surface area contributed by atoms with Gasteiger partial charge in [0.2, 0.25) is 0 Å². The number of anilines is 1. The van der Waals surface area contributed by atoms with Crippen molar-refractivity contribution in [2.24, 2.45) is 5.73 Å². The number of benzene rings is 8. The number of rotatable bonds is 23. The molecule has 0 bridgehead atoms. The molecule has 8 aromatic rings. The third-order valence-corrected chi connectivity index (χ3v) is 13.7. The van der Waals surface area contributed by atoms with E-state index in [0.29, 0.717) is 45.8 Å². The zero-order valence-corrected chi connectivity index (χ0v) is 59.8. The summed E-state index contributed by atoms with van der Waals surface area (Å²) in [5, 5.41) is 88.1. The van der Waals surface area contributed by atoms with E-state index in [9.17, 15) is 64.4 Å². The largest absolute Gasteiger partial charge is 0.478 e. The second-order valence-electron chi connectivity index (χ2n) is 21.6. The molecule has 0 aliphatic rings. The van der Waals surface area contributed by atoms with Crippen molar-refractivity contribution in [3.63, 3.8) is 0 Å². The average Bonchev–Trinajstić information content (AvgIpc) is 0.831. The molecule has 544 valence electrons. The van der Waals surface area contributed by atoms with Crippen molar-refractivity contribution in [3.8, 4) is 33.4 Å². The third kappa shape index (κ3) is 33.0. The fraction of sp³-hybridized carbons (Fsp3) is 0.232. The molecular formula is C69H77IN8O23S. The van der Waals surface area contributed by atoms with Crippen molar-refractivity contribution in [2.75, 3.05) is 53.1 Å². The number of aryl methyl sites for hydroxylation is 3. The Kier molecular flexibility index (Phi) is 39.3. The van der Waals surface area contributed by atoms with Crippen molar-refractivity contribution >= 4 is 92.8 Å². The van der Waals surface area contributed by atoms with Crippen LogP contribution < -0.4 is 22.1 Å². The van der Waals surface area contributed by atoms with E-state index in [1.54, 1.807) is 58.8 Å². The number of amides is 2. The first-order chi connectivity index (χ1) is 48.2. The number of nitro groups is 4. The first kappa shape index (κ1) is 87.4. The van der Waals surface area contributed by atoms with Gasteiger partial charge in [-0.15, -0.1) is 4.33 Å². The number of carbonyl (C=O) groups is 5. The Balaban J connectivity index is 0.000000423. The molecule has 0 aromatic heterocycles. The number of nitrogens with one attached hydrogen (secondary N) is 2. The molecule has 0 saturated heterocycles. The number of halogens is 1. The van der Waals surface area contributed by atoms with Gasteiger partial charge < -0.3 is 51.6 Å². The van der Waals surface area contributed by atoms with Gasteiger partial charge in [-0.05, 0) is 150 Å². The molecule has 0 saturated carbocycles. The highest BCUT2D eigenvalue weighted by Crippen LogP contribution is 2.29. The summed E-state index contributed by atoms with van der Waals surface area (Å²) in [4.78, 5) is 96.7. The summed E-state index contributed by atoms with van der Waals surface area (Å²) in [6.45, 7) is 13.0. The fourth-order valence-electron chi connectivity index (χ4n) is 8.26. The van der Waals surface area contributed by atoms with Gasteiger partial charge in [-0.1, -0.05) is 95.6 Å². The van der Waals surface area contributed by atoms with Gasteiger partial charge in [0, 0.05) is 127 Å². The maximum Gasteiger partial charge on any atom is 0.335 e. The molecule has 0 aliphatic heterocycles. The quantitative estimate of drug-likeness (QED) is 0.00561. The van der Waals surface area contributed by atoms with Crippen molar-refractivity contribution < 1.29 is 92.9 Å². The highest BCUT2D eigenvalue weighted by atomic mass is 127. The van der Waals surface area contributed by atoms with E-state index in [0.717, 1.165) is 63.6 Å². The van der Waals surface area contributed by atoms with E-state index in [2.05, 4.69) is 29.8 Å². The predicted octanol–water partition coefficient (Wildman–Crippen LogP) is 13.4. The molecule has 8 rings (SSSR count). The number of nitrogens with zero attached hydrogens (tertiary/aromatic N) is 4. The van der Waals surface area contributed by atoms with Crippen LogP contribution in [0.2, 0.25) is 0 Å². The third-order valence-electron chi connectivity index (χ3n) is 12.9. The Hall–Kier alpha value is -10.7. The van der Waals surface area contributed by atoms with Crippen LogP contribution in [-0.2, 0) is 28.6 Å². The first-order valence-electron chi connectivity index (χ1n) is 29.8. The number of ether oxygens (including phenoxy) is 3. The Morgan fingerprint density at radius 1 is 0.471 bits per heavy atom. The Labute approximate surface area is 603 Å². The molecule has 0 aliphatic carbocycles. The number of hydrogen-bond donors (Lipinski definition) is 8. The minimum Gasteiger partial charge on any atom is -0.478 e. The zero-order valence-electron chi connectivity index (χ0n) is 56.8. The molecule has 3 unspecified atom stereocenters. The monoisotopic (exact) mass is 1540 g/mol. The summed E-state index contributed by atoms with van der Waals surface area (Å²) in [5.41, 5.74) is 19.7. The van der Waals surface area contributed by atoms with Gasteiger partial charge in [0.15, 0.2) is 0 Å². The molecule has 0 fully saturated rings. The standard InChI is InChI=1S/C18H20N2O4.C18H22N2O2.C14H11NO4.C7H4INO4.C7H5NO4.C4H11NO.CH4O4S/c1-12-4-6-14(7-5-12)15-8-16(10-17(9-15)20(22)23)18(21)19-13(2)11-24-3;1-12-4-6-14(7-5-12)15-8-16(10-17(19)9-15)18(21)20-13(2)11-22-3;1-9-2-4-10(5-3-9)11-6-12(14(16)17)8-13(7-11)15(18)19;8-5-1-4(7(10)11)2-6(3-5)9(12)13;9-7(10)5-2-1-3-6(4-5)8(11)12;1-4(5)3-6-2;1-6-5-4-3-2/h4-10,13H,11H2,1-3H3,(H,19,21);4-10,13H,11,19H2,1-3H3,(H,20,21);2-8H,1H3,(H,16,17);1-3H,(H,10,11);1-4H,(H,9,10);4H,3,5H2,1-2H3;2H,1H3. The van der Waals surface area contributed by atoms with Crippen LogP contribution >= 0.6 is 34.6 Å². The second kappa shape index (κ2) is 45.8. The molecule has 0 spiro atoms. The normalized spacial score (nSPS) is 11.0. The minimum atomic E-state index is -1.18. The summed E-state index contributed by atoms with van der Waals surface area (Å²) >= 11 is 2.75. The van der Waals surface area contributed by atoms with Crippen LogP contribution in [0.5, 0.6) is 0 Å². The number of nitrogens with two attached hydrogens (primary N) is 2. The van der Waals surface area contributed by atoms with Crippen LogP contribution in [0, 0.1) is 64.8 Å². The van der Waals surface area contributed by atoms with E-state index in [1.807, 2.05) is 130 Å². The highest BCUT2D eigenvalue weighted by Gasteiger charge is 2.19. The van der Waals surface area contributed by atoms with Gasteiger partial charge in [0.05, 0.1) is 56.2 Å². The van der Waals surface area contributed by atoms with E-state index in [4.69, 9.17) is 41.5 Å². The zero-order chi connectivity index (χ0) is 76.8. The van der Waals surface area contributed by atoms with Gasteiger partial charge in [0.25, 0.3) is 34.6 Å². The summed E-state index contributed by atoms with van der Waals surface area (Å²) < 4.78 is 19.1. The SMILES string of the molecule is COCC(C)N.COCC(C)NC(=O)c1cc(-c2ccc(C)cc2)cc([N+](=O)[O-])c1.COCC(C)NC(=O)c1cc(N)cc(-c2ccc(C)cc2)c1.CSOOOO.Cc1ccc(-c2cc(C(=O)O)cc([N+](=O)[O-])c2)cc1.O=C(O)c1cc(I)cc([N+](=O)[O-])c1.O=C(O)c1cccc([N+](=O)[O-])c1. The maximum atomic E-state index is 12.4. The van der Waals surface area contributed by atoms with Crippen LogP contribution in [0.1, 0.15) is 89.3 Å². The van der Waals surface area contributed by atoms with Crippen LogP contribution in [0.4, 0.5) is 28.4 Å². The van der Waals surface area contributed by atoms with E-state index < -0.39 is 37.6 Å². The number of hydrogen-bond acceptors (Lipinski definition) is 23. The lowest BCUT2D eigenvalue weighted by Crippen LogP contribution is -2.35. The molecule has 10 N–H and O–H groups in total. The van der Waals surface area contributed by atoms with Gasteiger partial charge in [0.1, 0.15) is 0 Å². The highest BCUT2D eigenvalue weighted by molar-refractivity contribution is 14.1. The van der Waals surface area contributed by atoms with Gasteiger partial charge in [-0.25, -0.2) is 19.6 Å². The molecule has 3 atom stereocenters. The van der Waals surface area contributed by atoms with Gasteiger partial charge in [-0.2, -0.15) is 0 Å². The summed E-state index contributed by atoms with van der Waals surface area (Å²) in [7, 11) is 4.80. The Morgan fingerprint density at radius 3 is 1.15 bits per heavy atom. The van der Waals surface area contributed by atoms with Gasteiger partial charge >= 0.3 is 17.9 Å². The molecule has 31 nitrogen and oxygen atoms in total. The molecule has 33 heteroatoms. The maximum absolute atomic E-state index is 12.4. The average molecular weight is 1550 g/mol. The minimum absolute atomic E-state index is 0.0539. The lowest BCUT2D eigenvalue weighted by molar-refractivity contribution is -0.591. The summed E-state index contributed by atoms with van der Waals surface area (Å²) in [6, 6.07) is 45.3. The van der Waals surface area contributed by atoms with Crippen molar-refractivity contribution in [1.29, 1.82) is 0 Å². The number of carboxylic acids is 3. The van der Waals surface area contributed by atoms with Crippen molar-refractivity contribution in [3.05, 3.63) is 258 Å². The number of carboxylic acid groups (broad SMARTS) is 3. The molecule has 8 aromatic carbocycles.